The molecule has 0 bridgehead atoms. The molecule has 4 rings (SSSR count). The SMILES string of the molecule is CC1(C)CCC[C@]2(C)[C@H]3C[C@H]4OCC[C@H]4[C@@H](C(=O)O)[C@@H]3[C@@H](O)[C@H](O)[C@@H]12. The van der Waals surface area contributed by atoms with Gasteiger partial charge in [-0.2, -0.15) is 0 Å². The van der Waals surface area contributed by atoms with Gasteiger partial charge in [0, 0.05) is 18.4 Å². The summed E-state index contributed by atoms with van der Waals surface area (Å²) >= 11 is 0. The number of ether oxygens (including phenoxy) is 1. The largest absolute Gasteiger partial charge is 0.481 e. The molecule has 142 valence electrons. The van der Waals surface area contributed by atoms with E-state index in [1.54, 1.807) is 0 Å². The predicted octanol–water partition coefficient (Wildman–Crippen LogP) is 2.30. The lowest BCUT2D eigenvalue weighted by Gasteiger charge is -2.65. The molecule has 0 aromatic heterocycles. The molecule has 3 aliphatic carbocycles. The number of aliphatic hydroxyl groups is 2. The molecule has 4 aliphatic rings. The standard InChI is InChI=1S/C20H32O5/c1-19(2)6-4-7-20(3)11-9-12-10(5-8-25-12)13(18(23)24)14(11)15(21)16(22)17(19)20/h10-17,21-22H,4-9H2,1-3H3,(H,23,24)/t10-,11+,12-,13-,14-,15-,16+,17+,20-/m1/s1. The average Bonchev–Trinajstić information content (AvgIpc) is 2.97. The Morgan fingerprint density at radius 1 is 1.12 bits per heavy atom. The van der Waals surface area contributed by atoms with Crippen molar-refractivity contribution < 1.29 is 24.9 Å². The first kappa shape index (κ1) is 17.7. The van der Waals surface area contributed by atoms with Gasteiger partial charge in [0.2, 0.25) is 0 Å². The van der Waals surface area contributed by atoms with Gasteiger partial charge in [-0.15, -0.1) is 0 Å². The van der Waals surface area contributed by atoms with Gasteiger partial charge in [0.1, 0.15) is 0 Å². The summed E-state index contributed by atoms with van der Waals surface area (Å²) in [6.07, 6.45) is 2.90. The number of carbonyl (C=O) groups is 1. The molecule has 5 heteroatoms. The maximum Gasteiger partial charge on any atom is 0.307 e. The minimum atomic E-state index is -0.955. The van der Waals surface area contributed by atoms with E-state index < -0.39 is 24.1 Å². The minimum Gasteiger partial charge on any atom is -0.481 e. The van der Waals surface area contributed by atoms with Crippen LogP contribution in [0.3, 0.4) is 0 Å². The summed E-state index contributed by atoms with van der Waals surface area (Å²) in [4.78, 5) is 12.1. The number of rotatable bonds is 1. The smallest absolute Gasteiger partial charge is 0.307 e. The normalized spacial score (nSPS) is 54.3. The van der Waals surface area contributed by atoms with E-state index in [9.17, 15) is 20.1 Å². The lowest BCUT2D eigenvalue weighted by atomic mass is 9.41. The van der Waals surface area contributed by atoms with Crippen LogP contribution in [-0.2, 0) is 9.53 Å². The summed E-state index contributed by atoms with van der Waals surface area (Å²) in [6, 6.07) is 0. The van der Waals surface area contributed by atoms with Crippen LogP contribution in [-0.4, -0.2) is 46.2 Å². The quantitative estimate of drug-likeness (QED) is 0.674. The van der Waals surface area contributed by atoms with Gasteiger partial charge in [0.15, 0.2) is 0 Å². The Morgan fingerprint density at radius 3 is 2.52 bits per heavy atom. The molecule has 3 N–H and O–H groups in total. The van der Waals surface area contributed by atoms with E-state index >= 15 is 0 Å². The second-order valence-corrected chi connectivity index (χ2v) is 9.95. The Bertz CT molecular complexity index is 560. The highest BCUT2D eigenvalue weighted by Gasteiger charge is 2.66. The molecule has 0 unspecified atom stereocenters. The van der Waals surface area contributed by atoms with Crippen molar-refractivity contribution in [2.45, 2.75) is 71.2 Å². The van der Waals surface area contributed by atoms with E-state index in [4.69, 9.17) is 4.74 Å². The molecule has 1 saturated heterocycles. The molecule has 4 fully saturated rings. The molecule has 0 amide bonds. The zero-order chi connectivity index (χ0) is 18.1. The molecule has 0 radical (unpaired) electrons. The van der Waals surface area contributed by atoms with Crippen LogP contribution in [0.15, 0.2) is 0 Å². The summed E-state index contributed by atoms with van der Waals surface area (Å²) in [5, 5.41) is 32.1. The fraction of sp³-hybridized carbons (Fsp3) is 0.950. The Balaban J connectivity index is 1.80. The van der Waals surface area contributed by atoms with Crippen molar-refractivity contribution in [2.75, 3.05) is 6.61 Å². The first-order valence-electron chi connectivity index (χ1n) is 9.89. The van der Waals surface area contributed by atoms with Crippen LogP contribution in [0.4, 0.5) is 0 Å². The van der Waals surface area contributed by atoms with E-state index in [0.717, 1.165) is 32.1 Å². The summed E-state index contributed by atoms with van der Waals surface area (Å²) in [6.45, 7) is 7.23. The van der Waals surface area contributed by atoms with Gasteiger partial charge in [0.05, 0.1) is 24.2 Å². The Hall–Kier alpha value is -0.650. The molecule has 3 saturated carbocycles. The third-order valence-electron chi connectivity index (χ3n) is 8.39. The van der Waals surface area contributed by atoms with Gasteiger partial charge < -0.3 is 20.1 Å². The number of carboxylic acid groups (broad SMARTS) is 1. The number of fused-ring (bicyclic) bond motifs is 4. The minimum absolute atomic E-state index is 0.00241. The molecule has 0 spiro atoms. The first-order valence-corrected chi connectivity index (χ1v) is 9.89. The third kappa shape index (κ3) is 2.35. The predicted molar refractivity (Wildman–Crippen MR) is 91.8 cm³/mol. The summed E-state index contributed by atoms with van der Waals surface area (Å²) in [7, 11) is 0. The topological polar surface area (TPSA) is 87.0 Å². The van der Waals surface area contributed by atoms with Crippen molar-refractivity contribution in [3.63, 3.8) is 0 Å². The van der Waals surface area contributed by atoms with E-state index in [0.29, 0.717) is 6.61 Å². The summed E-state index contributed by atoms with van der Waals surface area (Å²) < 4.78 is 5.92. The van der Waals surface area contributed by atoms with Crippen LogP contribution in [0.2, 0.25) is 0 Å². The Labute approximate surface area is 149 Å². The maximum atomic E-state index is 12.1. The van der Waals surface area contributed by atoms with Gasteiger partial charge in [-0.25, -0.2) is 0 Å². The molecule has 25 heavy (non-hydrogen) atoms. The van der Waals surface area contributed by atoms with Crippen LogP contribution in [0.25, 0.3) is 0 Å². The van der Waals surface area contributed by atoms with E-state index in [-0.39, 0.29) is 40.6 Å². The fourth-order valence-corrected chi connectivity index (χ4v) is 7.59. The van der Waals surface area contributed by atoms with Crippen LogP contribution in [0, 0.1) is 40.4 Å². The zero-order valence-electron chi connectivity index (χ0n) is 15.5. The summed E-state index contributed by atoms with van der Waals surface area (Å²) in [5.41, 5.74) is -0.194. The van der Waals surface area contributed by atoms with Crippen molar-refractivity contribution in [3.05, 3.63) is 0 Å². The number of aliphatic hydroxyl groups excluding tert-OH is 2. The highest BCUT2D eigenvalue weighted by Crippen LogP contribution is 2.65. The van der Waals surface area contributed by atoms with Crippen molar-refractivity contribution >= 4 is 5.97 Å². The summed E-state index contributed by atoms with van der Waals surface area (Å²) in [5.74, 6) is -1.76. The van der Waals surface area contributed by atoms with Gasteiger partial charge in [-0.1, -0.05) is 27.2 Å². The lowest BCUT2D eigenvalue weighted by Crippen LogP contribution is -2.67. The van der Waals surface area contributed by atoms with Gasteiger partial charge in [-0.05, 0) is 48.3 Å². The lowest BCUT2D eigenvalue weighted by molar-refractivity contribution is -0.242. The molecule has 1 aliphatic heterocycles. The Morgan fingerprint density at radius 2 is 1.84 bits per heavy atom. The van der Waals surface area contributed by atoms with E-state index in [2.05, 4.69) is 20.8 Å². The third-order valence-corrected chi connectivity index (χ3v) is 8.39. The van der Waals surface area contributed by atoms with Crippen molar-refractivity contribution in [2.24, 2.45) is 40.4 Å². The van der Waals surface area contributed by atoms with E-state index in [1.165, 1.54) is 0 Å². The van der Waals surface area contributed by atoms with Crippen LogP contribution in [0.1, 0.15) is 52.9 Å². The fourth-order valence-electron chi connectivity index (χ4n) is 7.59. The maximum absolute atomic E-state index is 12.1. The highest BCUT2D eigenvalue weighted by molar-refractivity contribution is 5.71. The first-order chi connectivity index (χ1) is 11.7. The molecule has 5 nitrogen and oxygen atoms in total. The van der Waals surface area contributed by atoms with Gasteiger partial charge >= 0.3 is 5.97 Å². The number of carboxylic acids is 1. The molecule has 1 heterocycles. The molecular weight excluding hydrogens is 320 g/mol. The van der Waals surface area contributed by atoms with E-state index in [1.807, 2.05) is 0 Å². The van der Waals surface area contributed by atoms with Crippen LogP contribution in [0.5, 0.6) is 0 Å². The van der Waals surface area contributed by atoms with Gasteiger partial charge in [-0.3, -0.25) is 4.79 Å². The zero-order valence-corrected chi connectivity index (χ0v) is 15.5. The monoisotopic (exact) mass is 352 g/mol. The molecule has 9 atom stereocenters. The van der Waals surface area contributed by atoms with Crippen LogP contribution >= 0.6 is 0 Å². The molecule has 0 aromatic rings. The number of hydrogen-bond donors (Lipinski definition) is 3. The molecule has 0 aromatic carbocycles. The Kier molecular flexibility index (Phi) is 4.03. The van der Waals surface area contributed by atoms with Crippen LogP contribution < -0.4 is 0 Å². The molecular formula is C20H32O5. The van der Waals surface area contributed by atoms with Crippen molar-refractivity contribution in [1.82, 2.24) is 0 Å². The highest BCUT2D eigenvalue weighted by atomic mass is 16.5. The van der Waals surface area contributed by atoms with Crippen molar-refractivity contribution in [1.29, 1.82) is 0 Å². The number of hydrogen-bond acceptors (Lipinski definition) is 4. The second-order valence-electron chi connectivity index (χ2n) is 9.95. The second kappa shape index (κ2) is 5.67. The van der Waals surface area contributed by atoms with Crippen molar-refractivity contribution in [3.8, 4) is 0 Å². The average molecular weight is 352 g/mol. The van der Waals surface area contributed by atoms with Gasteiger partial charge in [0.25, 0.3) is 0 Å². The number of aliphatic carboxylic acids is 1.